The van der Waals surface area contributed by atoms with E-state index in [1.165, 1.54) is 0 Å². The number of carbonyl (C=O) groups is 1. The van der Waals surface area contributed by atoms with Gasteiger partial charge in [0.1, 0.15) is 5.54 Å². The van der Waals surface area contributed by atoms with E-state index < -0.39 is 5.54 Å². The van der Waals surface area contributed by atoms with E-state index in [1.54, 1.807) is 0 Å². The number of nitrogens with one attached hydrogen (secondary N) is 1. The van der Waals surface area contributed by atoms with E-state index >= 15 is 0 Å². The summed E-state index contributed by atoms with van der Waals surface area (Å²) in [6.45, 7) is 11.1. The van der Waals surface area contributed by atoms with Crippen LogP contribution in [-0.4, -0.2) is 61.9 Å². The fourth-order valence-electron chi connectivity index (χ4n) is 3.44. The number of hydrogen-bond acceptors (Lipinski definition) is 5. The topological polar surface area (TPSA) is 50.8 Å². The van der Waals surface area contributed by atoms with Gasteiger partial charge in [-0.05, 0) is 32.2 Å². The lowest BCUT2D eigenvalue weighted by Gasteiger charge is -2.46. The first-order valence-electron chi connectivity index (χ1n) is 8.34. The van der Waals surface area contributed by atoms with Crippen molar-refractivity contribution in [1.82, 2.24) is 10.2 Å². The molecule has 2 fully saturated rings. The van der Waals surface area contributed by atoms with Crippen molar-refractivity contribution in [2.45, 2.75) is 51.7 Å². The molecular formula is C16H30N2O3. The second-order valence-corrected chi connectivity index (χ2v) is 6.45. The van der Waals surface area contributed by atoms with Gasteiger partial charge >= 0.3 is 5.97 Å². The average molecular weight is 298 g/mol. The third-order valence-electron chi connectivity index (χ3n) is 4.73. The van der Waals surface area contributed by atoms with E-state index in [9.17, 15) is 4.79 Å². The van der Waals surface area contributed by atoms with Gasteiger partial charge in [0.2, 0.25) is 0 Å². The Morgan fingerprint density at radius 1 is 1.43 bits per heavy atom. The molecule has 2 rings (SSSR count). The molecule has 0 radical (unpaired) electrons. The summed E-state index contributed by atoms with van der Waals surface area (Å²) >= 11 is 0. The summed E-state index contributed by atoms with van der Waals surface area (Å²) in [5.41, 5.74) is -0.491. The molecule has 2 aliphatic rings. The minimum absolute atomic E-state index is 0.0548. The van der Waals surface area contributed by atoms with Crippen LogP contribution in [0, 0.1) is 5.92 Å². The Kier molecular flexibility index (Phi) is 6.02. The molecule has 0 bridgehead atoms. The molecule has 0 amide bonds. The average Bonchev–Trinajstić information content (AvgIpc) is 2.77. The Hall–Kier alpha value is -0.650. The molecule has 0 aromatic rings. The summed E-state index contributed by atoms with van der Waals surface area (Å²) in [4.78, 5) is 15.1. The van der Waals surface area contributed by atoms with Gasteiger partial charge in [0, 0.05) is 32.7 Å². The standard InChI is InChI=1S/C16H30N2O3/c1-4-20-15(19)16(18-9-5-7-17-8-10-18)6-11-21-14(12-16)13(2)3/h13-14,17H,4-12H2,1-3H3. The van der Waals surface area contributed by atoms with Gasteiger partial charge in [-0.3, -0.25) is 9.69 Å². The maximum absolute atomic E-state index is 12.8. The number of hydrogen-bond donors (Lipinski definition) is 1. The van der Waals surface area contributed by atoms with E-state index in [0.29, 0.717) is 19.1 Å². The maximum atomic E-state index is 12.8. The highest BCUT2D eigenvalue weighted by Crippen LogP contribution is 2.35. The largest absolute Gasteiger partial charge is 0.465 e. The van der Waals surface area contributed by atoms with Crippen molar-refractivity contribution in [1.29, 1.82) is 0 Å². The number of nitrogens with zero attached hydrogens (tertiary/aromatic N) is 1. The summed E-state index contributed by atoms with van der Waals surface area (Å²) in [7, 11) is 0. The smallest absolute Gasteiger partial charge is 0.326 e. The fraction of sp³-hybridized carbons (Fsp3) is 0.938. The lowest BCUT2D eigenvalue weighted by Crippen LogP contribution is -2.61. The number of ether oxygens (including phenoxy) is 2. The molecule has 2 saturated heterocycles. The highest BCUT2D eigenvalue weighted by Gasteiger charge is 2.49. The molecule has 5 nitrogen and oxygen atoms in total. The van der Waals surface area contributed by atoms with Crippen molar-refractivity contribution in [3.05, 3.63) is 0 Å². The summed E-state index contributed by atoms with van der Waals surface area (Å²) in [5.74, 6) is 0.366. The molecule has 2 aliphatic heterocycles. The molecule has 21 heavy (non-hydrogen) atoms. The quantitative estimate of drug-likeness (QED) is 0.796. The van der Waals surface area contributed by atoms with Crippen molar-refractivity contribution in [2.24, 2.45) is 5.92 Å². The van der Waals surface area contributed by atoms with Gasteiger partial charge in [-0.1, -0.05) is 13.8 Å². The van der Waals surface area contributed by atoms with Crippen LogP contribution in [0.2, 0.25) is 0 Å². The van der Waals surface area contributed by atoms with Crippen LogP contribution in [0.1, 0.15) is 40.0 Å². The fourth-order valence-corrected chi connectivity index (χ4v) is 3.44. The third-order valence-corrected chi connectivity index (χ3v) is 4.73. The Bertz CT molecular complexity index is 340. The van der Waals surface area contributed by atoms with Crippen LogP contribution < -0.4 is 5.32 Å². The lowest BCUT2D eigenvalue weighted by molar-refractivity contribution is -0.171. The molecule has 0 aliphatic carbocycles. The summed E-state index contributed by atoms with van der Waals surface area (Å²) in [6, 6.07) is 0. The number of carbonyl (C=O) groups excluding carboxylic acids is 1. The Morgan fingerprint density at radius 3 is 2.95 bits per heavy atom. The lowest BCUT2D eigenvalue weighted by atomic mass is 9.81. The maximum Gasteiger partial charge on any atom is 0.326 e. The van der Waals surface area contributed by atoms with Crippen molar-refractivity contribution < 1.29 is 14.3 Å². The zero-order chi connectivity index (χ0) is 15.3. The first-order chi connectivity index (χ1) is 10.1. The molecule has 0 aromatic carbocycles. The van der Waals surface area contributed by atoms with Crippen LogP contribution in [-0.2, 0) is 14.3 Å². The minimum atomic E-state index is -0.491. The highest BCUT2D eigenvalue weighted by atomic mass is 16.5. The molecule has 122 valence electrons. The highest BCUT2D eigenvalue weighted by molar-refractivity contribution is 5.81. The van der Waals surface area contributed by atoms with Gasteiger partial charge < -0.3 is 14.8 Å². The molecule has 0 aromatic heterocycles. The zero-order valence-electron chi connectivity index (χ0n) is 13.7. The molecule has 1 N–H and O–H groups in total. The summed E-state index contributed by atoms with van der Waals surface area (Å²) < 4.78 is 11.3. The zero-order valence-corrected chi connectivity index (χ0v) is 13.7. The van der Waals surface area contributed by atoms with Gasteiger partial charge in [-0.25, -0.2) is 0 Å². The van der Waals surface area contributed by atoms with Crippen molar-refractivity contribution in [3.63, 3.8) is 0 Å². The van der Waals surface area contributed by atoms with Gasteiger partial charge in [0.15, 0.2) is 0 Å². The second kappa shape index (κ2) is 7.56. The van der Waals surface area contributed by atoms with Crippen LogP contribution >= 0.6 is 0 Å². The normalized spacial score (nSPS) is 31.9. The third kappa shape index (κ3) is 3.76. The van der Waals surface area contributed by atoms with Gasteiger partial charge in [-0.2, -0.15) is 0 Å². The SMILES string of the molecule is CCOC(=O)C1(N2CCCNCC2)CCOC(C(C)C)C1. The predicted octanol–water partition coefficient (Wildman–Crippen LogP) is 1.42. The number of rotatable bonds is 4. The van der Waals surface area contributed by atoms with Crippen LogP contribution in [0.4, 0.5) is 0 Å². The monoisotopic (exact) mass is 298 g/mol. The van der Waals surface area contributed by atoms with Crippen LogP contribution in [0.15, 0.2) is 0 Å². The molecule has 0 spiro atoms. The van der Waals surface area contributed by atoms with Crippen LogP contribution in [0.3, 0.4) is 0 Å². The van der Waals surface area contributed by atoms with Crippen molar-refractivity contribution in [3.8, 4) is 0 Å². The summed E-state index contributed by atoms with van der Waals surface area (Å²) in [6.07, 6.45) is 2.71. The Morgan fingerprint density at radius 2 is 2.24 bits per heavy atom. The van der Waals surface area contributed by atoms with E-state index in [0.717, 1.165) is 45.4 Å². The molecule has 5 heteroatoms. The van der Waals surface area contributed by atoms with Crippen molar-refractivity contribution >= 4 is 5.97 Å². The molecule has 2 heterocycles. The first kappa shape index (κ1) is 16.7. The van der Waals surface area contributed by atoms with E-state index in [4.69, 9.17) is 9.47 Å². The van der Waals surface area contributed by atoms with E-state index in [2.05, 4.69) is 24.1 Å². The Labute approximate surface area is 128 Å². The van der Waals surface area contributed by atoms with Gasteiger partial charge in [-0.15, -0.1) is 0 Å². The van der Waals surface area contributed by atoms with E-state index in [-0.39, 0.29) is 12.1 Å². The number of esters is 1. The molecular weight excluding hydrogens is 268 g/mol. The van der Waals surface area contributed by atoms with Crippen LogP contribution in [0.25, 0.3) is 0 Å². The van der Waals surface area contributed by atoms with Gasteiger partial charge in [0.25, 0.3) is 0 Å². The summed E-state index contributed by atoms with van der Waals surface area (Å²) in [5, 5.41) is 3.41. The predicted molar refractivity (Wildman–Crippen MR) is 82.2 cm³/mol. The molecule has 2 atom stereocenters. The minimum Gasteiger partial charge on any atom is -0.465 e. The van der Waals surface area contributed by atoms with Crippen LogP contribution in [0.5, 0.6) is 0 Å². The van der Waals surface area contributed by atoms with Crippen molar-refractivity contribution in [2.75, 3.05) is 39.4 Å². The first-order valence-corrected chi connectivity index (χ1v) is 8.34. The molecule has 0 saturated carbocycles. The Balaban J connectivity index is 2.22. The molecule has 2 unspecified atom stereocenters. The second-order valence-electron chi connectivity index (χ2n) is 6.45. The van der Waals surface area contributed by atoms with Gasteiger partial charge in [0.05, 0.1) is 12.7 Å². The van der Waals surface area contributed by atoms with E-state index in [1.807, 2.05) is 6.92 Å².